The van der Waals surface area contributed by atoms with Crippen LogP contribution in [0.3, 0.4) is 0 Å². The van der Waals surface area contributed by atoms with Gasteiger partial charge in [-0.2, -0.15) is 0 Å². The van der Waals surface area contributed by atoms with Crippen molar-refractivity contribution in [1.82, 2.24) is 0 Å². The fourth-order valence-corrected chi connectivity index (χ4v) is 0.988. The van der Waals surface area contributed by atoms with E-state index in [0.29, 0.717) is 6.61 Å². The van der Waals surface area contributed by atoms with Gasteiger partial charge in [-0.05, 0) is 6.42 Å². The maximum atomic E-state index is 8.48. The summed E-state index contributed by atoms with van der Waals surface area (Å²) in [6.45, 7) is 0.337. The second kappa shape index (κ2) is 9.98. The van der Waals surface area contributed by atoms with Gasteiger partial charge in [-0.15, -0.1) is 0 Å². The minimum atomic E-state index is 0.337. The Morgan fingerprint density at radius 3 is 2.36 bits per heavy atom. The molecule has 11 heavy (non-hydrogen) atoms. The first-order valence-corrected chi connectivity index (χ1v) is 4.37. The zero-order valence-corrected chi connectivity index (χ0v) is 7.38. The van der Waals surface area contributed by atoms with E-state index in [9.17, 15) is 0 Å². The number of aliphatic hydroxyl groups is 1. The largest absolute Gasteiger partial charge is 0.443 e. The van der Waals surface area contributed by atoms with Crippen LogP contribution in [0, 0.1) is 0 Å². The molecule has 0 aliphatic carbocycles. The molecule has 0 aliphatic heterocycles. The average Bonchev–Trinajstić information content (AvgIpc) is 2.03. The van der Waals surface area contributed by atoms with E-state index in [0.717, 1.165) is 19.2 Å². The van der Waals surface area contributed by atoms with E-state index in [2.05, 4.69) is 0 Å². The average molecular weight is 157 g/mol. The van der Waals surface area contributed by atoms with E-state index in [-0.39, 0.29) is 0 Å². The van der Waals surface area contributed by atoms with Gasteiger partial charge in [-0.1, -0.05) is 32.0 Å². The highest BCUT2D eigenvalue weighted by atomic mass is 16.4. The van der Waals surface area contributed by atoms with Crippen LogP contribution in [-0.2, 0) is 4.65 Å². The fourth-order valence-electron chi connectivity index (χ4n) is 0.988. The molecule has 2 nitrogen and oxygen atoms in total. The standard InChI is InChI=1S/C8H18BO2/c1-11-9-7-5-3-2-4-6-8-10/h10H,2-8H2,1H3. The Morgan fingerprint density at radius 2 is 1.73 bits per heavy atom. The van der Waals surface area contributed by atoms with Gasteiger partial charge in [0.15, 0.2) is 0 Å². The fraction of sp³-hybridized carbons (Fsp3) is 1.00. The van der Waals surface area contributed by atoms with Gasteiger partial charge < -0.3 is 9.76 Å². The number of rotatable bonds is 8. The predicted molar refractivity (Wildman–Crippen MR) is 47.7 cm³/mol. The minimum absolute atomic E-state index is 0.337. The van der Waals surface area contributed by atoms with Crippen molar-refractivity contribution in [2.75, 3.05) is 13.7 Å². The van der Waals surface area contributed by atoms with Crippen molar-refractivity contribution < 1.29 is 9.76 Å². The van der Waals surface area contributed by atoms with E-state index < -0.39 is 0 Å². The molecule has 1 radical (unpaired) electrons. The van der Waals surface area contributed by atoms with Crippen LogP contribution in [0.5, 0.6) is 0 Å². The van der Waals surface area contributed by atoms with E-state index in [1.807, 2.05) is 7.48 Å². The molecule has 0 aromatic carbocycles. The van der Waals surface area contributed by atoms with Gasteiger partial charge in [0.05, 0.1) is 0 Å². The second-order valence-corrected chi connectivity index (χ2v) is 2.68. The summed E-state index contributed by atoms with van der Waals surface area (Å²) in [4.78, 5) is 0. The van der Waals surface area contributed by atoms with Gasteiger partial charge in [-0.3, -0.25) is 0 Å². The number of hydrogen-bond acceptors (Lipinski definition) is 2. The van der Waals surface area contributed by atoms with Crippen molar-refractivity contribution in [2.24, 2.45) is 0 Å². The van der Waals surface area contributed by atoms with Crippen molar-refractivity contribution in [3.8, 4) is 0 Å². The highest BCUT2D eigenvalue weighted by Gasteiger charge is 1.91. The molecule has 1 N–H and O–H groups in total. The lowest BCUT2D eigenvalue weighted by Gasteiger charge is -1.98. The molecule has 3 heteroatoms. The molecule has 0 heterocycles. The number of aliphatic hydroxyl groups excluding tert-OH is 1. The van der Waals surface area contributed by atoms with Crippen molar-refractivity contribution in [2.45, 2.75) is 38.4 Å². The van der Waals surface area contributed by atoms with E-state index >= 15 is 0 Å². The predicted octanol–water partition coefficient (Wildman–Crippen LogP) is 1.61. The van der Waals surface area contributed by atoms with Gasteiger partial charge in [0.25, 0.3) is 7.48 Å². The summed E-state index contributed by atoms with van der Waals surface area (Å²) in [6.07, 6.45) is 6.85. The molecule has 0 unspecified atom stereocenters. The molecular formula is C8H18BO2. The summed E-state index contributed by atoms with van der Waals surface area (Å²) in [5.74, 6) is 0. The minimum Gasteiger partial charge on any atom is -0.443 e. The topological polar surface area (TPSA) is 29.5 Å². The van der Waals surface area contributed by atoms with Gasteiger partial charge in [0.2, 0.25) is 0 Å². The summed E-state index contributed by atoms with van der Waals surface area (Å²) in [5.41, 5.74) is 0. The van der Waals surface area contributed by atoms with Crippen LogP contribution < -0.4 is 0 Å². The maximum absolute atomic E-state index is 8.48. The van der Waals surface area contributed by atoms with Crippen LogP contribution in [0.15, 0.2) is 0 Å². The third-order valence-corrected chi connectivity index (χ3v) is 1.65. The molecule has 0 amide bonds. The first-order valence-electron chi connectivity index (χ1n) is 4.37. The van der Waals surface area contributed by atoms with Crippen LogP contribution in [0.2, 0.25) is 6.32 Å². The van der Waals surface area contributed by atoms with Gasteiger partial charge in [0.1, 0.15) is 0 Å². The smallest absolute Gasteiger partial charge is 0.291 e. The second-order valence-electron chi connectivity index (χ2n) is 2.68. The maximum Gasteiger partial charge on any atom is 0.291 e. The van der Waals surface area contributed by atoms with Crippen LogP contribution in [0.4, 0.5) is 0 Å². The molecule has 0 saturated heterocycles. The monoisotopic (exact) mass is 157 g/mol. The lowest BCUT2D eigenvalue weighted by Crippen LogP contribution is -1.92. The number of hydrogen-bond donors (Lipinski definition) is 1. The van der Waals surface area contributed by atoms with Crippen LogP contribution >= 0.6 is 0 Å². The zero-order valence-electron chi connectivity index (χ0n) is 7.38. The number of unbranched alkanes of at least 4 members (excludes halogenated alkanes) is 4. The lowest BCUT2D eigenvalue weighted by atomic mass is 9.91. The van der Waals surface area contributed by atoms with Crippen molar-refractivity contribution >= 4 is 7.48 Å². The Morgan fingerprint density at radius 1 is 1.09 bits per heavy atom. The zero-order chi connectivity index (χ0) is 8.36. The molecule has 0 spiro atoms. The van der Waals surface area contributed by atoms with Gasteiger partial charge >= 0.3 is 0 Å². The summed E-state index contributed by atoms with van der Waals surface area (Å²) in [7, 11) is 3.53. The lowest BCUT2D eigenvalue weighted by molar-refractivity contribution is 0.282. The molecule has 0 aromatic rings. The Hall–Kier alpha value is -0.0151. The highest BCUT2D eigenvalue weighted by molar-refractivity contribution is 6.26. The Labute approximate surface area is 70.2 Å². The molecule has 0 aromatic heterocycles. The Bertz CT molecular complexity index is 61.1. The quantitative estimate of drug-likeness (QED) is 0.428. The van der Waals surface area contributed by atoms with E-state index in [1.165, 1.54) is 19.3 Å². The summed E-state index contributed by atoms with van der Waals surface area (Å²) < 4.78 is 4.80. The van der Waals surface area contributed by atoms with Crippen molar-refractivity contribution in [1.29, 1.82) is 0 Å². The molecule has 0 rings (SSSR count). The molecule has 0 fully saturated rings. The van der Waals surface area contributed by atoms with Crippen molar-refractivity contribution in [3.05, 3.63) is 0 Å². The highest BCUT2D eigenvalue weighted by Crippen LogP contribution is 2.04. The third-order valence-electron chi connectivity index (χ3n) is 1.65. The van der Waals surface area contributed by atoms with Crippen LogP contribution in [0.1, 0.15) is 32.1 Å². The molecule has 0 bridgehead atoms. The Kier molecular flexibility index (Phi) is 9.97. The summed E-state index contributed by atoms with van der Waals surface area (Å²) in [6, 6.07) is 0. The first-order chi connectivity index (χ1) is 5.41. The van der Waals surface area contributed by atoms with Crippen LogP contribution in [-0.4, -0.2) is 26.3 Å². The molecule has 0 aliphatic rings. The van der Waals surface area contributed by atoms with Gasteiger partial charge in [-0.25, -0.2) is 0 Å². The van der Waals surface area contributed by atoms with Gasteiger partial charge in [0, 0.05) is 13.7 Å². The molecule has 0 atom stereocenters. The summed E-state index contributed by atoms with van der Waals surface area (Å²) in [5, 5.41) is 8.48. The molecule has 65 valence electrons. The normalized spacial score (nSPS) is 10.0. The van der Waals surface area contributed by atoms with Crippen LogP contribution in [0.25, 0.3) is 0 Å². The SMILES string of the molecule is CO[B]CCCCCCCO. The third kappa shape index (κ3) is 9.98. The van der Waals surface area contributed by atoms with E-state index in [4.69, 9.17) is 9.76 Å². The first kappa shape index (κ1) is 11.0. The summed E-state index contributed by atoms with van der Waals surface area (Å²) >= 11 is 0. The Balaban J connectivity index is 2.69. The molecule has 0 saturated carbocycles. The van der Waals surface area contributed by atoms with Crippen molar-refractivity contribution in [3.63, 3.8) is 0 Å². The molecular weight excluding hydrogens is 139 g/mol. The van der Waals surface area contributed by atoms with E-state index in [1.54, 1.807) is 7.11 Å².